The topological polar surface area (TPSA) is 95.8 Å². The molecular formula is C63H73O8P. The molecule has 72 heavy (non-hydrogen) atoms. The molecule has 9 heteroatoms. The van der Waals surface area contributed by atoms with Gasteiger partial charge in [0.05, 0.1) is 5.30 Å². The van der Waals surface area contributed by atoms with E-state index in [1.54, 1.807) is 0 Å². The number of rotatable bonds is 19. The molecule has 10 rings (SSSR count). The van der Waals surface area contributed by atoms with E-state index in [-0.39, 0.29) is 55.5 Å². The third kappa shape index (κ3) is 9.97. The number of unbranched alkanes of at least 4 members (excludes halogenated alkanes) is 8. The highest BCUT2D eigenvalue weighted by Gasteiger charge is 2.39. The maximum Gasteiger partial charge on any atom is 0.230 e. The molecule has 6 aromatic rings. The van der Waals surface area contributed by atoms with E-state index < -0.39 is 7.92 Å². The summed E-state index contributed by atoms with van der Waals surface area (Å²) in [6.45, 7) is 8.94. The van der Waals surface area contributed by atoms with Crippen molar-refractivity contribution < 1.29 is 38.6 Å². The molecule has 2 N–H and O–H groups in total. The largest absolute Gasteiger partial charge is 0.508 e. The van der Waals surface area contributed by atoms with Gasteiger partial charge in [0.1, 0.15) is 46.0 Å². The lowest BCUT2D eigenvalue weighted by molar-refractivity contribution is 0.103. The van der Waals surface area contributed by atoms with Crippen LogP contribution in [0.2, 0.25) is 0 Å². The van der Waals surface area contributed by atoms with Crippen LogP contribution in [-0.2, 0) is 0 Å². The van der Waals surface area contributed by atoms with Gasteiger partial charge in [-0.3, -0.25) is 0 Å². The second-order valence-corrected chi connectivity index (χ2v) is 22.5. The van der Waals surface area contributed by atoms with Gasteiger partial charge in [0.2, 0.25) is 20.4 Å². The van der Waals surface area contributed by atoms with Crippen LogP contribution in [0.3, 0.4) is 0 Å². The van der Waals surface area contributed by atoms with Gasteiger partial charge in [0.15, 0.2) is 0 Å². The van der Waals surface area contributed by atoms with E-state index in [0.717, 1.165) is 186 Å². The lowest BCUT2D eigenvalue weighted by Crippen LogP contribution is -2.27. The maximum absolute atomic E-state index is 13.7. The van der Waals surface area contributed by atoms with Crippen LogP contribution >= 0.6 is 7.92 Å². The minimum absolute atomic E-state index is 0.0222. The van der Waals surface area contributed by atoms with Crippen LogP contribution in [-0.4, -0.2) is 30.6 Å². The molecule has 2 unspecified atom stereocenters. The van der Waals surface area contributed by atoms with E-state index in [0.29, 0.717) is 11.5 Å². The van der Waals surface area contributed by atoms with E-state index in [1.165, 1.54) is 0 Å². The fraction of sp³-hybridized carbons (Fsp3) is 0.429. The van der Waals surface area contributed by atoms with Gasteiger partial charge >= 0.3 is 0 Å². The molecule has 0 saturated carbocycles. The first-order valence-electron chi connectivity index (χ1n) is 27.2. The molecule has 378 valence electrons. The second kappa shape index (κ2) is 22.9. The molecule has 0 aromatic heterocycles. The van der Waals surface area contributed by atoms with E-state index >= 15 is 0 Å². The first-order chi connectivity index (χ1) is 35.4. The Bertz CT molecular complexity index is 2770. The number of aromatic hydroxyl groups is 2. The van der Waals surface area contributed by atoms with Gasteiger partial charge in [-0.15, -0.1) is 0 Å². The van der Waals surface area contributed by atoms with Crippen LogP contribution in [0.25, 0.3) is 0 Å². The molecule has 0 spiro atoms. The number of phenolic OH excluding ortho intramolecular Hbond substituents is 2. The standard InChI is InChI=1S/C63H73O8P/c1-5-9-15-27-43-47-31-48-44(28-16-10-6-2)49-32-50-45(29-17-11-7-3)51-33-52-46(30-18-12-8-4)54-34-53(43)61(65)63(72(41-23-19-13-20-24-41)42-25-21-14-22-26-42)62(54)71-40-70-60(52)37-59(51)69-39-68-58(50)36-57(49)67-38-66-56(48)35-55(47)64/h13-14,19-26,31-37,43-46,64-65H,5-12,15-18,27-30,38-40H2,1-4H3/t43-,44?,45?,46-/m1/s1. The summed E-state index contributed by atoms with van der Waals surface area (Å²) in [5.74, 6) is 3.95. The Morgan fingerprint density at radius 1 is 0.389 bits per heavy atom. The molecule has 8 nitrogen and oxygen atoms in total. The predicted molar refractivity (Wildman–Crippen MR) is 290 cm³/mol. The summed E-state index contributed by atoms with van der Waals surface area (Å²) >= 11 is 0. The summed E-state index contributed by atoms with van der Waals surface area (Å²) in [4.78, 5) is 0. The normalized spacial score (nSPS) is 18.2. The summed E-state index contributed by atoms with van der Waals surface area (Å²) < 4.78 is 40.4. The van der Waals surface area contributed by atoms with Crippen LogP contribution in [0.5, 0.6) is 46.0 Å². The molecular weight excluding hydrogens is 916 g/mol. The van der Waals surface area contributed by atoms with Gasteiger partial charge in [-0.2, -0.15) is 0 Å². The van der Waals surface area contributed by atoms with Crippen LogP contribution in [0, 0.1) is 0 Å². The predicted octanol–water partition coefficient (Wildman–Crippen LogP) is 15.2. The van der Waals surface area contributed by atoms with Crippen LogP contribution < -0.4 is 44.3 Å². The lowest BCUT2D eigenvalue weighted by atomic mass is 9.76. The zero-order valence-electron chi connectivity index (χ0n) is 42.9. The number of phenols is 2. The first kappa shape index (κ1) is 49.7. The van der Waals surface area contributed by atoms with Crippen molar-refractivity contribution in [2.24, 2.45) is 0 Å². The van der Waals surface area contributed by atoms with E-state index in [2.05, 4.69) is 125 Å². The second-order valence-electron chi connectivity index (χ2n) is 20.3. The van der Waals surface area contributed by atoms with Crippen molar-refractivity contribution in [2.75, 3.05) is 20.4 Å². The third-order valence-corrected chi connectivity index (χ3v) is 18.1. The SMILES string of the molecule is CCCCCC1c2cc3c4cc2OCOc2cc(O)c(cc21)[C@@H](CCCCC)c1cc2c(c(P(c5ccccc5)c5ccccc5)c1O)OCOc1cc(c(cc1[C@H]2CCCCC)C3CCCCC)OCO4. The summed E-state index contributed by atoms with van der Waals surface area (Å²) in [6.07, 6.45) is 15.8. The van der Waals surface area contributed by atoms with Crippen molar-refractivity contribution >= 4 is 23.8 Å². The van der Waals surface area contributed by atoms with Crippen molar-refractivity contribution in [3.63, 3.8) is 0 Å². The molecule has 6 aromatic carbocycles. The van der Waals surface area contributed by atoms with Crippen molar-refractivity contribution in [2.45, 2.75) is 154 Å². The summed E-state index contributed by atoms with van der Waals surface area (Å²) in [5, 5.41) is 29.3. The van der Waals surface area contributed by atoms with Crippen molar-refractivity contribution in [3.8, 4) is 46.0 Å². The van der Waals surface area contributed by atoms with Gasteiger partial charge in [0.25, 0.3) is 0 Å². The molecule has 0 saturated heterocycles. The third-order valence-electron chi connectivity index (χ3n) is 15.6. The Morgan fingerprint density at radius 3 is 1.15 bits per heavy atom. The molecule has 3 heterocycles. The molecule has 3 aliphatic heterocycles. The number of ether oxygens (including phenoxy) is 6. The number of fused-ring (bicyclic) bond motifs is 2. The summed E-state index contributed by atoms with van der Waals surface area (Å²) in [6, 6.07) is 36.5. The highest BCUT2D eigenvalue weighted by Crippen LogP contribution is 2.56. The molecule has 0 amide bonds. The average Bonchev–Trinajstić information content (AvgIpc) is 3.38. The molecule has 8 bridgehead atoms. The minimum atomic E-state index is -1.38. The Morgan fingerprint density at radius 2 is 0.736 bits per heavy atom. The summed E-state index contributed by atoms with van der Waals surface area (Å²) in [5.41, 5.74) is 8.14. The van der Waals surface area contributed by atoms with Gasteiger partial charge in [-0.05, 0) is 68.5 Å². The number of hydrogen-bond donors (Lipinski definition) is 2. The molecule has 4 aliphatic rings. The summed E-state index contributed by atoms with van der Waals surface area (Å²) in [7, 11) is -1.38. The van der Waals surface area contributed by atoms with Crippen LogP contribution in [0.15, 0.2) is 103 Å². The molecule has 0 radical (unpaired) electrons. The first-order valence-corrected chi connectivity index (χ1v) is 28.6. The lowest BCUT2D eigenvalue weighted by Gasteiger charge is -2.35. The maximum atomic E-state index is 13.7. The van der Waals surface area contributed by atoms with E-state index in [4.69, 9.17) is 28.4 Å². The quantitative estimate of drug-likeness (QED) is 0.0612. The van der Waals surface area contributed by atoms with E-state index in [1.807, 2.05) is 6.07 Å². The fourth-order valence-electron chi connectivity index (χ4n) is 12.0. The van der Waals surface area contributed by atoms with Gasteiger partial charge < -0.3 is 38.6 Å². The van der Waals surface area contributed by atoms with Gasteiger partial charge in [0, 0.05) is 86.4 Å². The smallest absolute Gasteiger partial charge is 0.230 e. The molecule has 4 atom stereocenters. The minimum Gasteiger partial charge on any atom is -0.508 e. The zero-order valence-corrected chi connectivity index (χ0v) is 43.7. The van der Waals surface area contributed by atoms with Crippen molar-refractivity contribution in [1.29, 1.82) is 0 Å². The molecule has 0 fully saturated rings. The fourth-order valence-corrected chi connectivity index (χ4v) is 14.5. The Labute approximate surface area is 428 Å². The number of hydrogen-bond acceptors (Lipinski definition) is 8. The highest BCUT2D eigenvalue weighted by atomic mass is 31.1. The van der Waals surface area contributed by atoms with Crippen molar-refractivity contribution in [3.05, 3.63) is 148 Å². The average molecular weight is 989 g/mol. The highest BCUT2D eigenvalue weighted by molar-refractivity contribution is 7.80. The number of benzene rings is 6. The zero-order chi connectivity index (χ0) is 49.6. The van der Waals surface area contributed by atoms with Crippen LogP contribution in [0.4, 0.5) is 0 Å². The monoisotopic (exact) mass is 989 g/mol. The van der Waals surface area contributed by atoms with Gasteiger partial charge in [-0.25, -0.2) is 0 Å². The van der Waals surface area contributed by atoms with E-state index in [9.17, 15) is 10.2 Å². The van der Waals surface area contributed by atoms with Crippen molar-refractivity contribution in [1.82, 2.24) is 0 Å². The Kier molecular flexibility index (Phi) is 15.8. The Hall–Kier alpha value is -5.85. The molecule has 1 aliphatic carbocycles. The van der Waals surface area contributed by atoms with Gasteiger partial charge in [-0.1, -0.05) is 165 Å². The Balaban J connectivity index is 1.35. The van der Waals surface area contributed by atoms with Crippen LogP contribution in [0.1, 0.15) is 199 Å².